The number of hydrogen-bond donors (Lipinski definition) is 1. The van der Waals surface area contributed by atoms with Crippen molar-refractivity contribution in [2.24, 2.45) is 0 Å². The van der Waals surface area contributed by atoms with Gasteiger partial charge in [-0.1, -0.05) is 6.92 Å². The van der Waals surface area contributed by atoms with E-state index in [-0.39, 0.29) is 6.10 Å². The zero-order chi connectivity index (χ0) is 7.40. The maximum absolute atomic E-state index is 11.1. The average molecular weight is 144 g/mol. The van der Waals surface area contributed by atoms with Gasteiger partial charge >= 0.3 is 0 Å². The molecular formula is C7H14NO2. The van der Waals surface area contributed by atoms with E-state index in [2.05, 4.69) is 5.32 Å². The summed E-state index contributed by atoms with van der Waals surface area (Å²) in [5, 5.41) is 14.2. The van der Waals surface area contributed by atoms with Crippen molar-refractivity contribution >= 4 is 0 Å². The van der Waals surface area contributed by atoms with Gasteiger partial charge in [-0.2, -0.15) is 0 Å². The highest BCUT2D eigenvalue weighted by Crippen LogP contribution is 2.05. The monoisotopic (exact) mass is 144 g/mol. The zero-order valence-corrected chi connectivity index (χ0v) is 6.30. The Bertz CT molecular complexity index is 91.6. The van der Waals surface area contributed by atoms with Crippen molar-refractivity contribution in [1.29, 1.82) is 0 Å². The van der Waals surface area contributed by atoms with E-state index < -0.39 is 6.10 Å². The lowest BCUT2D eigenvalue weighted by Crippen LogP contribution is -2.44. The van der Waals surface area contributed by atoms with Gasteiger partial charge in [0.25, 0.3) is 0 Å². The van der Waals surface area contributed by atoms with E-state index in [1.807, 2.05) is 6.92 Å². The van der Waals surface area contributed by atoms with Gasteiger partial charge in [-0.25, -0.2) is 5.11 Å². The van der Waals surface area contributed by atoms with Crippen LogP contribution in [-0.4, -0.2) is 31.9 Å². The molecule has 0 saturated carbocycles. The van der Waals surface area contributed by atoms with Gasteiger partial charge in [0, 0.05) is 13.1 Å². The lowest BCUT2D eigenvalue weighted by molar-refractivity contribution is -0.0799. The Hall–Kier alpha value is -0.120. The third kappa shape index (κ3) is 1.94. The summed E-state index contributed by atoms with van der Waals surface area (Å²) in [6, 6.07) is 0. The molecule has 0 bridgehead atoms. The highest BCUT2D eigenvalue weighted by molar-refractivity contribution is 4.73. The summed E-state index contributed by atoms with van der Waals surface area (Å²) in [4.78, 5) is 0. The standard InChI is InChI=1S/C7H14NO2/c1-2-6(9)7-5-8-3-4-10-7/h6-8H,2-5H2,1H3. The first kappa shape index (κ1) is 7.98. The first-order valence-electron chi connectivity index (χ1n) is 3.82. The van der Waals surface area contributed by atoms with Crippen LogP contribution in [0.4, 0.5) is 0 Å². The van der Waals surface area contributed by atoms with Crippen LogP contribution in [0.15, 0.2) is 0 Å². The fourth-order valence-electron chi connectivity index (χ4n) is 1.09. The van der Waals surface area contributed by atoms with Gasteiger partial charge in [-0.05, 0) is 6.42 Å². The topological polar surface area (TPSA) is 41.2 Å². The number of nitrogens with one attached hydrogen (secondary N) is 1. The number of hydrogen-bond acceptors (Lipinski definition) is 2. The molecule has 2 unspecified atom stereocenters. The molecule has 3 heteroatoms. The van der Waals surface area contributed by atoms with Crippen LogP contribution >= 0.6 is 0 Å². The van der Waals surface area contributed by atoms with Crippen LogP contribution in [0, 0.1) is 0 Å². The van der Waals surface area contributed by atoms with Crippen molar-refractivity contribution in [1.82, 2.24) is 5.32 Å². The van der Waals surface area contributed by atoms with Crippen molar-refractivity contribution in [2.45, 2.75) is 25.6 Å². The molecule has 0 spiro atoms. The smallest absolute Gasteiger partial charge is 0.120 e. The van der Waals surface area contributed by atoms with Gasteiger partial charge in [0.05, 0.1) is 12.7 Å². The third-order valence-corrected chi connectivity index (χ3v) is 1.77. The Labute approximate surface area is 61.4 Å². The van der Waals surface area contributed by atoms with Gasteiger partial charge in [0.1, 0.15) is 6.10 Å². The quantitative estimate of drug-likeness (QED) is 0.600. The van der Waals surface area contributed by atoms with Crippen LogP contribution in [-0.2, 0) is 9.84 Å². The van der Waals surface area contributed by atoms with E-state index in [1.165, 1.54) is 0 Å². The second-order valence-corrected chi connectivity index (χ2v) is 2.56. The van der Waals surface area contributed by atoms with Crippen molar-refractivity contribution in [3.63, 3.8) is 0 Å². The first-order valence-corrected chi connectivity index (χ1v) is 3.82. The zero-order valence-electron chi connectivity index (χ0n) is 6.30. The SMILES string of the molecule is CCC([O])C1CNCCO1. The number of ether oxygens (including phenoxy) is 1. The normalized spacial score (nSPS) is 30.0. The average Bonchev–Trinajstić information content (AvgIpc) is 2.05. The number of morpholine rings is 1. The van der Waals surface area contributed by atoms with Crippen molar-refractivity contribution < 1.29 is 9.84 Å². The van der Waals surface area contributed by atoms with E-state index >= 15 is 0 Å². The Kier molecular flexibility index (Phi) is 3.12. The Morgan fingerprint density at radius 1 is 1.80 bits per heavy atom. The molecule has 1 radical (unpaired) electrons. The van der Waals surface area contributed by atoms with Crippen LogP contribution in [0.25, 0.3) is 0 Å². The molecule has 3 nitrogen and oxygen atoms in total. The Morgan fingerprint density at radius 2 is 2.60 bits per heavy atom. The van der Waals surface area contributed by atoms with Gasteiger partial charge in [0.2, 0.25) is 0 Å². The molecule has 0 aromatic heterocycles. The highest BCUT2D eigenvalue weighted by atomic mass is 16.5. The van der Waals surface area contributed by atoms with Gasteiger partial charge in [-0.3, -0.25) is 0 Å². The summed E-state index contributed by atoms with van der Waals surface area (Å²) in [7, 11) is 0. The van der Waals surface area contributed by atoms with Crippen LogP contribution < -0.4 is 5.32 Å². The van der Waals surface area contributed by atoms with Crippen LogP contribution in [0.1, 0.15) is 13.3 Å². The molecule has 2 atom stereocenters. The van der Waals surface area contributed by atoms with Crippen LogP contribution in [0.2, 0.25) is 0 Å². The third-order valence-electron chi connectivity index (χ3n) is 1.77. The molecule has 10 heavy (non-hydrogen) atoms. The second kappa shape index (κ2) is 3.91. The Morgan fingerprint density at radius 3 is 3.10 bits per heavy atom. The summed E-state index contributed by atoms with van der Waals surface area (Å²) >= 11 is 0. The molecule has 59 valence electrons. The summed E-state index contributed by atoms with van der Waals surface area (Å²) < 4.78 is 5.26. The molecule has 1 aliphatic heterocycles. The molecule has 0 amide bonds. The molecule has 0 aromatic carbocycles. The second-order valence-electron chi connectivity index (χ2n) is 2.56. The van der Waals surface area contributed by atoms with Crippen molar-refractivity contribution in [3.8, 4) is 0 Å². The van der Waals surface area contributed by atoms with Crippen LogP contribution in [0.5, 0.6) is 0 Å². The van der Waals surface area contributed by atoms with E-state index in [1.54, 1.807) is 0 Å². The minimum Gasteiger partial charge on any atom is -0.373 e. The minimum absolute atomic E-state index is 0.0984. The van der Waals surface area contributed by atoms with E-state index in [0.29, 0.717) is 13.0 Å². The van der Waals surface area contributed by atoms with Gasteiger partial charge in [-0.15, -0.1) is 0 Å². The predicted octanol–water partition coefficient (Wildman–Crippen LogP) is 0.184. The van der Waals surface area contributed by atoms with Crippen molar-refractivity contribution in [3.05, 3.63) is 0 Å². The van der Waals surface area contributed by atoms with E-state index in [0.717, 1.165) is 13.1 Å². The molecule has 1 fully saturated rings. The lowest BCUT2D eigenvalue weighted by atomic mass is 10.1. The van der Waals surface area contributed by atoms with E-state index in [4.69, 9.17) is 4.74 Å². The molecule has 1 aliphatic rings. The summed E-state index contributed by atoms with van der Waals surface area (Å²) in [6.07, 6.45) is 0.0124. The highest BCUT2D eigenvalue weighted by Gasteiger charge is 2.21. The molecule has 1 N–H and O–H groups in total. The molecule has 1 rings (SSSR count). The minimum atomic E-state index is -0.548. The molecule has 0 aromatic rings. The maximum atomic E-state index is 11.1. The summed E-state index contributed by atoms with van der Waals surface area (Å²) in [6.45, 7) is 4.19. The van der Waals surface area contributed by atoms with Crippen molar-refractivity contribution in [2.75, 3.05) is 19.7 Å². The molecule has 1 saturated heterocycles. The molecule has 0 aliphatic carbocycles. The predicted molar refractivity (Wildman–Crippen MR) is 37.4 cm³/mol. The fraction of sp³-hybridized carbons (Fsp3) is 1.00. The summed E-state index contributed by atoms with van der Waals surface area (Å²) in [5.41, 5.74) is 0. The fourth-order valence-corrected chi connectivity index (χ4v) is 1.09. The van der Waals surface area contributed by atoms with Crippen LogP contribution in [0.3, 0.4) is 0 Å². The Balaban J connectivity index is 2.24. The first-order chi connectivity index (χ1) is 4.84. The largest absolute Gasteiger partial charge is 0.373 e. The molecular weight excluding hydrogens is 130 g/mol. The maximum Gasteiger partial charge on any atom is 0.120 e. The summed E-state index contributed by atoms with van der Waals surface area (Å²) in [5.74, 6) is 0. The lowest BCUT2D eigenvalue weighted by Gasteiger charge is -2.25. The number of rotatable bonds is 2. The molecule has 1 heterocycles. The van der Waals surface area contributed by atoms with E-state index in [9.17, 15) is 5.11 Å². The van der Waals surface area contributed by atoms with Gasteiger partial charge in [0.15, 0.2) is 0 Å². The van der Waals surface area contributed by atoms with Gasteiger partial charge < -0.3 is 10.1 Å².